The number of rotatable bonds is 0. The van der Waals surface area contributed by atoms with Crippen molar-refractivity contribution in [3.8, 4) is 0 Å². The minimum absolute atomic E-state index is 0.832. The molecule has 0 aromatic rings. The number of nitrogens with two attached hydrogens (primary N) is 1. The quantitative estimate of drug-likeness (QED) is 0.545. The molecule has 0 amide bonds. The lowest BCUT2D eigenvalue weighted by atomic mass is 10.4. The molecule has 10 heavy (non-hydrogen) atoms. The third kappa shape index (κ3) is 3.96. The summed E-state index contributed by atoms with van der Waals surface area (Å²) in [6.07, 6.45) is 10.9. The van der Waals surface area contributed by atoms with E-state index >= 15 is 0 Å². The van der Waals surface area contributed by atoms with Gasteiger partial charge < -0.3 is 5.73 Å². The van der Waals surface area contributed by atoms with Gasteiger partial charge in [0, 0.05) is 5.70 Å². The van der Waals surface area contributed by atoms with Gasteiger partial charge in [-0.25, -0.2) is 0 Å². The average Bonchev–Trinajstić information content (AvgIpc) is 2.21. The second-order valence-electron chi connectivity index (χ2n) is 1.73. The normalized spacial score (nSPS) is 14.8. The van der Waals surface area contributed by atoms with Crippen molar-refractivity contribution in [2.24, 2.45) is 5.73 Å². The molecule has 0 heterocycles. The summed E-state index contributed by atoms with van der Waals surface area (Å²) in [7, 11) is 0. The zero-order valence-electron chi connectivity index (χ0n) is 6.67. The van der Waals surface area contributed by atoms with E-state index in [1.54, 1.807) is 0 Å². The van der Waals surface area contributed by atoms with Crippen molar-refractivity contribution in [3.05, 3.63) is 36.1 Å². The van der Waals surface area contributed by atoms with Crippen molar-refractivity contribution < 1.29 is 0 Å². The van der Waals surface area contributed by atoms with Crippen LogP contribution in [0.2, 0.25) is 0 Å². The first-order valence-electron chi connectivity index (χ1n) is 3.68. The summed E-state index contributed by atoms with van der Waals surface area (Å²) in [4.78, 5) is 0. The number of allylic oxidation sites excluding steroid dienone is 5. The molecular weight excluding hydrogens is 122 g/mol. The molecule has 1 rings (SSSR count). The standard InChI is InChI=1S/C7H9N.C2H6/c8-7-5-3-1-2-4-6-7;1-2/h1,3-6H,2,8H2;1-2H3. The summed E-state index contributed by atoms with van der Waals surface area (Å²) in [6, 6.07) is 0. The minimum Gasteiger partial charge on any atom is -0.399 e. The lowest BCUT2D eigenvalue weighted by molar-refractivity contribution is 1.38. The van der Waals surface area contributed by atoms with Gasteiger partial charge in [0.05, 0.1) is 0 Å². The average molecular weight is 137 g/mol. The van der Waals surface area contributed by atoms with Crippen molar-refractivity contribution in [1.82, 2.24) is 0 Å². The van der Waals surface area contributed by atoms with Gasteiger partial charge in [-0.2, -0.15) is 0 Å². The van der Waals surface area contributed by atoms with Gasteiger partial charge in [-0.05, 0) is 18.6 Å². The molecule has 0 saturated carbocycles. The summed E-state index contributed by atoms with van der Waals surface area (Å²) in [6.45, 7) is 4.00. The second-order valence-corrected chi connectivity index (χ2v) is 1.73. The highest BCUT2D eigenvalue weighted by atomic mass is 14.5. The first-order valence-corrected chi connectivity index (χ1v) is 3.68. The Bertz CT molecular complexity index is 152. The molecule has 0 bridgehead atoms. The van der Waals surface area contributed by atoms with Crippen LogP contribution in [0.25, 0.3) is 0 Å². The monoisotopic (exact) mass is 137 g/mol. The molecule has 1 nitrogen and oxygen atoms in total. The van der Waals surface area contributed by atoms with Crippen LogP contribution in [-0.4, -0.2) is 0 Å². The first kappa shape index (κ1) is 9.02. The summed E-state index contributed by atoms with van der Waals surface area (Å²) in [5.74, 6) is 0. The zero-order chi connectivity index (χ0) is 7.82. The fourth-order valence-corrected chi connectivity index (χ4v) is 0.596. The topological polar surface area (TPSA) is 26.0 Å². The Kier molecular flexibility index (Phi) is 5.54. The summed E-state index contributed by atoms with van der Waals surface area (Å²) >= 11 is 0. The molecule has 1 heteroatoms. The van der Waals surface area contributed by atoms with Gasteiger partial charge in [-0.15, -0.1) is 0 Å². The van der Waals surface area contributed by atoms with E-state index in [9.17, 15) is 0 Å². The second kappa shape index (κ2) is 6.14. The third-order valence-electron chi connectivity index (χ3n) is 1.01. The van der Waals surface area contributed by atoms with Gasteiger partial charge in [0.2, 0.25) is 0 Å². The lowest BCUT2D eigenvalue weighted by Crippen LogP contribution is -1.89. The van der Waals surface area contributed by atoms with E-state index in [-0.39, 0.29) is 0 Å². The van der Waals surface area contributed by atoms with Crippen LogP contribution in [0.3, 0.4) is 0 Å². The SMILES string of the molecule is CC.NC1=CC=CCC=C1. The highest BCUT2D eigenvalue weighted by Crippen LogP contribution is 1.96. The molecule has 0 saturated heterocycles. The zero-order valence-corrected chi connectivity index (χ0v) is 6.67. The van der Waals surface area contributed by atoms with Crippen molar-refractivity contribution >= 4 is 0 Å². The van der Waals surface area contributed by atoms with Crippen LogP contribution in [0.4, 0.5) is 0 Å². The Hall–Kier alpha value is -0.980. The summed E-state index contributed by atoms with van der Waals surface area (Å²) < 4.78 is 0. The highest BCUT2D eigenvalue weighted by Gasteiger charge is 1.80. The maximum absolute atomic E-state index is 5.46. The van der Waals surface area contributed by atoms with Gasteiger partial charge in [0.25, 0.3) is 0 Å². The van der Waals surface area contributed by atoms with Crippen molar-refractivity contribution in [1.29, 1.82) is 0 Å². The van der Waals surface area contributed by atoms with E-state index in [1.807, 2.05) is 38.2 Å². The van der Waals surface area contributed by atoms with Crippen molar-refractivity contribution in [2.45, 2.75) is 20.3 Å². The van der Waals surface area contributed by atoms with Gasteiger partial charge in [-0.3, -0.25) is 0 Å². The molecule has 0 atom stereocenters. The van der Waals surface area contributed by atoms with Crippen LogP contribution in [0, 0.1) is 0 Å². The van der Waals surface area contributed by atoms with Crippen LogP contribution in [0.1, 0.15) is 20.3 Å². The van der Waals surface area contributed by atoms with Crippen LogP contribution in [0.15, 0.2) is 36.1 Å². The fraction of sp³-hybridized carbons (Fsp3) is 0.333. The Balaban J connectivity index is 0.000000371. The van der Waals surface area contributed by atoms with Crippen LogP contribution >= 0.6 is 0 Å². The molecule has 1 aliphatic carbocycles. The van der Waals surface area contributed by atoms with E-state index in [4.69, 9.17) is 5.73 Å². The van der Waals surface area contributed by atoms with Crippen LogP contribution in [0.5, 0.6) is 0 Å². The third-order valence-corrected chi connectivity index (χ3v) is 1.01. The smallest absolute Gasteiger partial charge is 0.0310 e. The summed E-state index contributed by atoms with van der Waals surface area (Å²) in [5.41, 5.74) is 6.29. The van der Waals surface area contributed by atoms with Crippen LogP contribution < -0.4 is 5.73 Å². The molecule has 56 valence electrons. The van der Waals surface area contributed by atoms with Gasteiger partial charge in [0.15, 0.2) is 0 Å². The molecule has 0 unspecified atom stereocenters. The van der Waals surface area contributed by atoms with E-state index < -0.39 is 0 Å². The van der Waals surface area contributed by atoms with Gasteiger partial charge >= 0.3 is 0 Å². The maximum atomic E-state index is 5.46. The Morgan fingerprint density at radius 3 is 2.70 bits per heavy atom. The highest BCUT2D eigenvalue weighted by molar-refractivity contribution is 5.24. The lowest BCUT2D eigenvalue weighted by Gasteiger charge is -1.82. The molecule has 0 fully saturated rings. The van der Waals surface area contributed by atoms with Crippen molar-refractivity contribution in [3.63, 3.8) is 0 Å². The Morgan fingerprint density at radius 2 is 2.00 bits per heavy atom. The minimum atomic E-state index is 0.832. The maximum Gasteiger partial charge on any atom is 0.0310 e. The molecule has 0 radical (unpaired) electrons. The van der Waals surface area contributed by atoms with E-state index in [0.29, 0.717) is 0 Å². The Morgan fingerprint density at radius 1 is 1.30 bits per heavy atom. The van der Waals surface area contributed by atoms with Gasteiger partial charge in [0.1, 0.15) is 0 Å². The number of hydrogen-bond acceptors (Lipinski definition) is 1. The first-order chi connectivity index (χ1) is 4.89. The predicted octanol–water partition coefficient (Wildman–Crippen LogP) is 2.37. The molecule has 0 spiro atoms. The Labute approximate surface area is 62.9 Å². The molecule has 0 aromatic heterocycles. The van der Waals surface area contributed by atoms with E-state index in [2.05, 4.69) is 6.08 Å². The van der Waals surface area contributed by atoms with Crippen LogP contribution in [-0.2, 0) is 0 Å². The van der Waals surface area contributed by atoms with Gasteiger partial charge in [-0.1, -0.05) is 32.1 Å². The molecule has 2 N–H and O–H groups in total. The fourth-order valence-electron chi connectivity index (χ4n) is 0.596. The molecule has 0 aliphatic heterocycles. The van der Waals surface area contributed by atoms with E-state index in [1.165, 1.54) is 0 Å². The summed E-state index contributed by atoms with van der Waals surface area (Å²) in [5, 5.41) is 0. The molecular formula is C9H15N. The molecule has 1 aliphatic rings. The number of hydrogen-bond donors (Lipinski definition) is 1. The largest absolute Gasteiger partial charge is 0.399 e. The molecule has 0 aromatic carbocycles. The predicted molar refractivity (Wildman–Crippen MR) is 46.5 cm³/mol. The van der Waals surface area contributed by atoms with Crippen molar-refractivity contribution in [2.75, 3.05) is 0 Å². The van der Waals surface area contributed by atoms with E-state index in [0.717, 1.165) is 12.1 Å².